The van der Waals surface area contributed by atoms with Crippen molar-refractivity contribution in [2.24, 2.45) is 5.73 Å². The monoisotopic (exact) mass is 284 g/mol. The summed E-state index contributed by atoms with van der Waals surface area (Å²) < 4.78 is 4.69. The van der Waals surface area contributed by atoms with E-state index < -0.39 is 12.0 Å². The topological polar surface area (TPSA) is 81.4 Å². The summed E-state index contributed by atoms with van der Waals surface area (Å²) in [5.41, 5.74) is 7.15. The number of hydrogen-bond acceptors (Lipinski definition) is 5. The van der Waals surface area contributed by atoms with Crippen molar-refractivity contribution in [2.45, 2.75) is 39.2 Å². The number of amides is 1. The molecule has 0 fully saturated rings. The molecule has 1 heterocycles. The Bertz CT molecular complexity index is 457. The molecule has 0 aromatic carbocycles. The van der Waals surface area contributed by atoms with Gasteiger partial charge in [0.1, 0.15) is 4.88 Å². The van der Waals surface area contributed by atoms with Crippen LogP contribution in [0.25, 0.3) is 0 Å². The van der Waals surface area contributed by atoms with Gasteiger partial charge in [0.25, 0.3) is 0 Å². The number of hydrogen-bond donors (Lipinski definition) is 2. The molecule has 0 aliphatic carbocycles. The number of ether oxygens (including phenoxy) is 1. The van der Waals surface area contributed by atoms with Crippen LogP contribution in [0.3, 0.4) is 0 Å². The molecule has 106 valence electrons. The van der Waals surface area contributed by atoms with Crippen molar-refractivity contribution >= 4 is 28.9 Å². The van der Waals surface area contributed by atoms with Gasteiger partial charge in [-0.1, -0.05) is 19.8 Å². The predicted molar refractivity (Wildman–Crippen MR) is 76.5 cm³/mol. The summed E-state index contributed by atoms with van der Waals surface area (Å²) in [6, 6.07) is -0.551. The molecule has 3 N–H and O–H groups in total. The smallest absolute Gasteiger partial charge is 0.350 e. The first-order valence-electron chi connectivity index (χ1n) is 6.24. The zero-order valence-corrected chi connectivity index (χ0v) is 12.3. The van der Waals surface area contributed by atoms with E-state index in [0.717, 1.165) is 18.4 Å². The van der Waals surface area contributed by atoms with E-state index in [2.05, 4.69) is 10.1 Å². The van der Waals surface area contributed by atoms with E-state index in [1.165, 1.54) is 18.4 Å². The zero-order chi connectivity index (χ0) is 14.4. The number of nitrogens with two attached hydrogens (primary N) is 1. The van der Waals surface area contributed by atoms with Gasteiger partial charge in [0.05, 0.1) is 18.8 Å². The third kappa shape index (κ3) is 4.04. The third-order valence-corrected chi connectivity index (χ3v) is 3.88. The first-order chi connectivity index (χ1) is 9.01. The van der Waals surface area contributed by atoms with Crippen molar-refractivity contribution in [1.82, 2.24) is 0 Å². The quantitative estimate of drug-likeness (QED) is 0.785. The van der Waals surface area contributed by atoms with Crippen LogP contribution in [0.4, 0.5) is 5.69 Å². The summed E-state index contributed by atoms with van der Waals surface area (Å²) in [5.74, 6) is -0.712. The van der Waals surface area contributed by atoms with Crippen LogP contribution >= 0.6 is 11.3 Å². The number of rotatable bonds is 6. The minimum absolute atomic E-state index is 0.264. The summed E-state index contributed by atoms with van der Waals surface area (Å²) in [6.45, 7) is 3.87. The van der Waals surface area contributed by atoms with E-state index >= 15 is 0 Å². The first-order valence-corrected chi connectivity index (χ1v) is 7.12. The van der Waals surface area contributed by atoms with Gasteiger partial charge in [-0.25, -0.2) is 4.79 Å². The number of esters is 1. The van der Waals surface area contributed by atoms with Crippen LogP contribution in [0.2, 0.25) is 0 Å². The lowest BCUT2D eigenvalue weighted by atomic mass is 10.1. The van der Waals surface area contributed by atoms with Gasteiger partial charge in [-0.15, -0.1) is 11.3 Å². The van der Waals surface area contributed by atoms with Crippen molar-refractivity contribution in [3.63, 3.8) is 0 Å². The molecule has 0 radical (unpaired) electrons. The van der Waals surface area contributed by atoms with Gasteiger partial charge in [-0.2, -0.15) is 0 Å². The molecule has 1 aromatic heterocycles. The SMILES string of the molecule is CCCC[C@H](N)C(=O)Nc1c(C)csc1C(=O)OC. The highest BCUT2D eigenvalue weighted by Gasteiger charge is 2.21. The lowest BCUT2D eigenvalue weighted by Crippen LogP contribution is -2.35. The van der Waals surface area contributed by atoms with Gasteiger partial charge < -0.3 is 15.8 Å². The average molecular weight is 284 g/mol. The number of nitrogens with one attached hydrogen (secondary N) is 1. The fraction of sp³-hybridized carbons (Fsp3) is 0.538. The van der Waals surface area contributed by atoms with Gasteiger partial charge in [0.2, 0.25) is 5.91 Å². The molecule has 0 spiro atoms. The van der Waals surface area contributed by atoms with Crippen LogP contribution in [-0.2, 0) is 9.53 Å². The Morgan fingerprint density at radius 3 is 2.79 bits per heavy atom. The number of anilines is 1. The van der Waals surface area contributed by atoms with Gasteiger partial charge in [-0.05, 0) is 24.3 Å². The molecule has 1 aromatic rings. The summed E-state index contributed by atoms with van der Waals surface area (Å²) in [7, 11) is 1.32. The largest absolute Gasteiger partial charge is 0.465 e. The maximum atomic E-state index is 11.9. The molecule has 0 aliphatic rings. The molecule has 1 rings (SSSR count). The van der Waals surface area contributed by atoms with Gasteiger partial charge >= 0.3 is 5.97 Å². The standard InChI is InChI=1S/C13H20N2O3S/c1-4-5-6-9(14)12(16)15-10-8(2)7-19-11(10)13(17)18-3/h7,9H,4-6,14H2,1-3H3,(H,15,16)/t9-/m0/s1. The van der Waals surface area contributed by atoms with E-state index in [-0.39, 0.29) is 5.91 Å². The number of methoxy groups -OCH3 is 1. The van der Waals surface area contributed by atoms with E-state index in [1.807, 2.05) is 13.8 Å². The van der Waals surface area contributed by atoms with E-state index in [9.17, 15) is 9.59 Å². The van der Waals surface area contributed by atoms with Crippen molar-refractivity contribution < 1.29 is 14.3 Å². The Hall–Kier alpha value is -1.40. The summed E-state index contributed by atoms with van der Waals surface area (Å²) in [6.07, 6.45) is 2.53. The molecule has 0 bridgehead atoms. The molecule has 1 atom stereocenters. The minimum Gasteiger partial charge on any atom is -0.465 e. The van der Waals surface area contributed by atoms with Crippen LogP contribution in [-0.4, -0.2) is 25.0 Å². The highest BCUT2D eigenvalue weighted by molar-refractivity contribution is 7.12. The maximum Gasteiger partial charge on any atom is 0.350 e. The lowest BCUT2D eigenvalue weighted by Gasteiger charge is -2.12. The molecule has 0 unspecified atom stereocenters. The second-order valence-corrected chi connectivity index (χ2v) is 5.23. The van der Waals surface area contributed by atoms with E-state index in [0.29, 0.717) is 17.0 Å². The Morgan fingerprint density at radius 1 is 1.53 bits per heavy atom. The molecule has 1 amide bonds. The molecular formula is C13H20N2O3S. The fourth-order valence-electron chi connectivity index (χ4n) is 1.61. The van der Waals surface area contributed by atoms with Crippen molar-refractivity contribution in [3.05, 3.63) is 15.8 Å². The Labute approximate surface area is 117 Å². The second kappa shape index (κ2) is 7.25. The normalized spacial score (nSPS) is 12.0. The first kappa shape index (κ1) is 15.7. The highest BCUT2D eigenvalue weighted by atomic mass is 32.1. The maximum absolute atomic E-state index is 11.9. The Balaban J connectivity index is 2.78. The summed E-state index contributed by atoms with van der Waals surface area (Å²) in [5, 5.41) is 4.53. The van der Waals surface area contributed by atoms with Crippen LogP contribution in [0.1, 0.15) is 41.4 Å². The van der Waals surface area contributed by atoms with E-state index in [4.69, 9.17) is 5.73 Å². The van der Waals surface area contributed by atoms with Crippen molar-refractivity contribution in [2.75, 3.05) is 12.4 Å². The van der Waals surface area contributed by atoms with Gasteiger partial charge in [0.15, 0.2) is 0 Å². The summed E-state index contributed by atoms with van der Waals surface area (Å²) >= 11 is 1.25. The minimum atomic E-state index is -0.551. The number of unbranched alkanes of at least 4 members (excludes halogenated alkanes) is 1. The number of carbonyl (C=O) groups excluding carboxylic acids is 2. The lowest BCUT2D eigenvalue weighted by molar-refractivity contribution is -0.117. The average Bonchev–Trinajstić information content (AvgIpc) is 2.76. The third-order valence-electron chi connectivity index (χ3n) is 2.80. The molecule has 0 aliphatic heterocycles. The number of thiophene rings is 1. The fourth-order valence-corrected chi connectivity index (χ4v) is 2.54. The van der Waals surface area contributed by atoms with Crippen LogP contribution < -0.4 is 11.1 Å². The molecule has 19 heavy (non-hydrogen) atoms. The zero-order valence-electron chi connectivity index (χ0n) is 11.5. The van der Waals surface area contributed by atoms with Gasteiger partial charge in [0, 0.05) is 0 Å². The van der Waals surface area contributed by atoms with Crippen LogP contribution in [0.15, 0.2) is 5.38 Å². The van der Waals surface area contributed by atoms with Crippen LogP contribution in [0, 0.1) is 6.92 Å². The van der Waals surface area contributed by atoms with E-state index in [1.54, 1.807) is 5.38 Å². The molecule has 6 heteroatoms. The van der Waals surface area contributed by atoms with Crippen LogP contribution in [0.5, 0.6) is 0 Å². The molecule has 0 saturated carbocycles. The highest BCUT2D eigenvalue weighted by Crippen LogP contribution is 2.28. The van der Waals surface area contributed by atoms with Crippen molar-refractivity contribution in [3.8, 4) is 0 Å². The van der Waals surface area contributed by atoms with Crippen molar-refractivity contribution in [1.29, 1.82) is 0 Å². The molecule has 0 saturated heterocycles. The molecule has 5 nitrogen and oxygen atoms in total. The van der Waals surface area contributed by atoms with Gasteiger partial charge in [-0.3, -0.25) is 4.79 Å². The number of carbonyl (C=O) groups is 2. The Morgan fingerprint density at radius 2 is 2.21 bits per heavy atom. The predicted octanol–water partition coefficient (Wildman–Crippen LogP) is 2.30. The Kier molecular flexibility index (Phi) is 5.98. The second-order valence-electron chi connectivity index (χ2n) is 4.35. The summed E-state index contributed by atoms with van der Waals surface area (Å²) in [4.78, 5) is 23.9. The number of aryl methyl sites for hydroxylation is 1. The molecular weight excluding hydrogens is 264 g/mol.